The van der Waals surface area contributed by atoms with Crippen LogP contribution in [0.2, 0.25) is 0 Å². The van der Waals surface area contributed by atoms with Gasteiger partial charge in [-0.3, -0.25) is 4.79 Å². The van der Waals surface area contributed by atoms with Gasteiger partial charge in [-0.15, -0.1) is 0 Å². The molecular weight excluding hydrogens is 258 g/mol. The number of carbonyl (C=O) groups is 1. The molecule has 0 bridgehead atoms. The summed E-state index contributed by atoms with van der Waals surface area (Å²) in [5.74, 6) is 0.427. The molecule has 124 valence electrons. The summed E-state index contributed by atoms with van der Waals surface area (Å²) in [6, 6.07) is 7.79. The van der Waals surface area contributed by atoms with E-state index in [2.05, 4.69) is 6.92 Å². The molecule has 1 atom stereocenters. The summed E-state index contributed by atoms with van der Waals surface area (Å²) in [5, 5.41) is 0. The molecule has 1 unspecified atom stereocenters. The van der Waals surface area contributed by atoms with Gasteiger partial charge in [0.25, 0.3) is 0 Å². The maximum Gasteiger partial charge on any atom is 0.133 e. The van der Waals surface area contributed by atoms with Crippen molar-refractivity contribution in [2.75, 3.05) is 5.73 Å². The maximum atomic E-state index is 11.4. The van der Waals surface area contributed by atoms with Crippen LogP contribution in [0.5, 0.6) is 0 Å². The van der Waals surface area contributed by atoms with E-state index >= 15 is 0 Å². The van der Waals surface area contributed by atoms with Gasteiger partial charge in [-0.1, -0.05) is 67.0 Å². The average molecular weight is 296 g/mol. The lowest BCUT2D eigenvalue weighted by Crippen LogP contribution is -2.13. The number of Topliss-reactive ketones (excluding diaryl/α,β-unsaturated/α-hetero) is 1. The van der Waals surface area contributed by atoms with E-state index in [1.54, 1.807) is 6.92 Å². The highest BCUT2D eigenvalue weighted by Crippen LogP contribution is 2.16. The predicted octanol–water partition coefficient (Wildman–Crippen LogP) is 5.90. The molecule has 0 aliphatic carbocycles. The largest absolute Gasteiger partial charge is 0.399 e. The minimum atomic E-state index is 0.150. The molecule has 0 heterocycles. The average Bonchev–Trinajstić information content (AvgIpc) is 2.53. The van der Waals surface area contributed by atoms with Gasteiger partial charge in [-0.25, -0.2) is 0 Å². The third-order valence-corrected chi connectivity index (χ3v) is 2.65. The van der Waals surface area contributed by atoms with E-state index in [1.165, 1.54) is 0 Å². The van der Waals surface area contributed by atoms with Crippen molar-refractivity contribution in [3.05, 3.63) is 29.8 Å². The molecule has 2 heteroatoms. The fourth-order valence-corrected chi connectivity index (χ4v) is 1.80. The minimum absolute atomic E-state index is 0.150. The lowest BCUT2D eigenvalue weighted by molar-refractivity contribution is -0.120. The van der Waals surface area contributed by atoms with Crippen molar-refractivity contribution in [1.29, 1.82) is 0 Å². The highest BCUT2D eigenvalue weighted by molar-refractivity contribution is 5.78. The summed E-state index contributed by atoms with van der Waals surface area (Å²) in [4.78, 5) is 11.4. The van der Waals surface area contributed by atoms with E-state index < -0.39 is 0 Å². The monoisotopic (exact) mass is 295 g/mol. The number of rotatable bonds is 5. The number of nitrogen functional groups attached to an aromatic ring is 1. The third kappa shape index (κ3) is 13.4. The third-order valence-electron chi connectivity index (χ3n) is 2.65. The molecule has 0 fully saturated rings. The maximum absolute atomic E-state index is 11.4. The minimum Gasteiger partial charge on any atom is -0.399 e. The Labute approximate surface area is 133 Å². The molecule has 0 saturated carbocycles. The predicted molar refractivity (Wildman–Crippen MR) is 97.7 cm³/mol. The smallest absolute Gasteiger partial charge is 0.133 e. The molecule has 2 nitrogen and oxygen atoms in total. The molecule has 0 spiro atoms. The Kier molecular flexibility index (Phi) is 22.0. The summed E-state index contributed by atoms with van der Waals surface area (Å²) in [5.41, 5.74) is 7.63. The summed E-state index contributed by atoms with van der Waals surface area (Å²) in [7, 11) is 0. The van der Waals surface area contributed by atoms with Crippen molar-refractivity contribution < 1.29 is 4.79 Å². The van der Waals surface area contributed by atoms with Crippen LogP contribution in [-0.2, 0) is 11.2 Å². The highest BCUT2D eigenvalue weighted by Gasteiger charge is 2.13. The summed E-state index contributed by atoms with van der Waals surface area (Å²) >= 11 is 0. The Balaban J connectivity index is -0.000000478. The molecule has 1 aromatic rings. The molecule has 2 N–H and O–H groups in total. The number of nitrogens with two attached hydrogens (primary N) is 1. The second-order valence-corrected chi connectivity index (χ2v) is 4.05. The Bertz CT molecular complexity index is 334. The fraction of sp³-hybridized carbons (Fsp3) is 0.632. The summed E-state index contributed by atoms with van der Waals surface area (Å²) < 4.78 is 0. The van der Waals surface area contributed by atoms with Crippen LogP contribution in [0.15, 0.2) is 24.3 Å². The number of hydrogen-bond acceptors (Lipinski definition) is 2. The Morgan fingerprint density at radius 2 is 1.62 bits per heavy atom. The van der Waals surface area contributed by atoms with Gasteiger partial charge in [0, 0.05) is 11.6 Å². The van der Waals surface area contributed by atoms with E-state index in [0.717, 1.165) is 30.5 Å². The van der Waals surface area contributed by atoms with Crippen LogP contribution in [0, 0.1) is 5.92 Å². The van der Waals surface area contributed by atoms with Crippen molar-refractivity contribution in [1.82, 2.24) is 0 Å². The second kappa shape index (κ2) is 18.7. The molecule has 0 aromatic heterocycles. The van der Waals surface area contributed by atoms with Crippen molar-refractivity contribution in [2.24, 2.45) is 5.92 Å². The topological polar surface area (TPSA) is 43.1 Å². The number of anilines is 1. The van der Waals surface area contributed by atoms with E-state index in [-0.39, 0.29) is 11.7 Å². The molecule has 0 saturated heterocycles. The molecule has 1 rings (SSSR count). The Morgan fingerprint density at radius 1 is 1.10 bits per heavy atom. The van der Waals surface area contributed by atoms with Crippen LogP contribution in [0.25, 0.3) is 0 Å². The van der Waals surface area contributed by atoms with E-state index in [1.807, 2.05) is 65.8 Å². The lowest BCUT2D eigenvalue weighted by atomic mass is 9.92. The van der Waals surface area contributed by atoms with Crippen molar-refractivity contribution in [3.63, 3.8) is 0 Å². The molecule has 0 aliphatic heterocycles. The van der Waals surface area contributed by atoms with Crippen molar-refractivity contribution >= 4 is 11.5 Å². The zero-order chi connectivity index (χ0) is 17.3. The van der Waals surface area contributed by atoms with Gasteiger partial charge in [0.05, 0.1) is 0 Å². The van der Waals surface area contributed by atoms with E-state index in [4.69, 9.17) is 5.73 Å². The SMILES string of the molecule is CC.CC.CC.CCCC(Cc1cccc(N)c1)C(C)=O. The first kappa shape index (κ1) is 24.7. The first-order valence-corrected chi connectivity index (χ1v) is 8.48. The van der Waals surface area contributed by atoms with Crippen LogP contribution in [0.4, 0.5) is 5.69 Å². The molecule has 21 heavy (non-hydrogen) atoms. The zero-order valence-corrected chi connectivity index (χ0v) is 15.5. The van der Waals surface area contributed by atoms with E-state index in [9.17, 15) is 4.79 Å². The zero-order valence-electron chi connectivity index (χ0n) is 15.5. The molecule has 0 radical (unpaired) electrons. The first-order chi connectivity index (χ1) is 10.1. The molecular formula is C19H37NO. The Morgan fingerprint density at radius 3 is 2.00 bits per heavy atom. The van der Waals surface area contributed by atoms with Crippen LogP contribution in [0.3, 0.4) is 0 Å². The highest BCUT2D eigenvalue weighted by atomic mass is 16.1. The van der Waals surface area contributed by atoms with Crippen molar-refractivity contribution in [3.8, 4) is 0 Å². The standard InChI is InChI=1S/C13H19NO.3C2H6/c1-3-5-12(10(2)15)8-11-6-4-7-13(14)9-11;3*1-2/h4,6-7,9,12H,3,5,8,14H2,1-2H3;3*1-2H3. The number of benzene rings is 1. The van der Waals surface area contributed by atoms with Gasteiger partial charge in [-0.2, -0.15) is 0 Å². The number of ketones is 1. The van der Waals surface area contributed by atoms with Gasteiger partial charge >= 0.3 is 0 Å². The van der Waals surface area contributed by atoms with Gasteiger partial charge in [-0.05, 0) is 37.5 Å². The van der Waals surface area contributed by atoms with Crippen LogP contribution in [-0.4, -0.2) is 5.78 Å². The molecule has 1 aromatic carbocycles. The summed E-state index contributed by atoms with van der Waals surface area (Å²) in [6.07, 6.45) is 2.82. The lowest BCUT2D eigenvalue weighted by Gasteiger charge is -2.12. The van der Waals surface area contributed by atoms with E-state index in [0.29, 0.717) is 0 Å². The number of hydrogen-bond donors (Lipinski definition) is 1. The first-order valence-electron chi connectivity index (χ1n) is 8.48. The summed E-state index contributed by atoms with van der Waals surface area (Å²) in [6.45, 7) is 15.8. The Hall–Kier alpha value is -1.31. The van der Waals surface area contributed by atoms with Crippen LogP contribution >= 0.6 is 0 Å². The van der Waals surface area contributed by atoms with Crippen LogP contribution < -0.4 is 5.73 Å². The normalized spacial score (nSPS) is 9.71. The fourth-order valence-electron chi connectivity index (χ4n) is 1.80. The molecule has 0 aliphatic rings. The van der Waals surface area contributed by atoms with Gasteiger partial charge in [0.1, 0.15) is 5.78 Å². The molecule has 0 amide bonds. The van der Waals surface area contributed by atoms with Gasteiger partial charge in [0.2, 0.25) is 0 Å². The number of carbonyl (C=O) groups excluding carboxylic acids is 1. The quantitative estimate of drug-likeness (QED) is 0.688. The van der Waals surface area contributed by atoms with Gasteiger partial charge in [0.15, 0.2) is 0 Å². The van der Waals surface area contributed by atoms with Gasteiger partial charge < -0.3 is 5.73 Å². The van der Waals surface area contributed by atoms with Crippen LogP contribution in [0.1, 0.15) is 73.8 Å². The van der Waals surface area contributed by atoms with Crippen molar-refractivity contribution in [2.45, 2.75) is 74.7 Å². The second-order valence-electron chi connectivity index (χ2n) is 4.05.